The molecule has 1 atom stereocenters. The van der Waals surface area contributed by atoms with E-state index in [0.717, 1.165) is 11.1 Å². The number of benzene rings is 1. The molecule has 1 rings (SSSR count). The molecule has 0 unspecified atom stereocenters. The van der Waals surface area contributed by atoms with E-state index in [0.29, 0.717) is 18.2 Å². The Hall–Kier alpha value is -1.06. The Morgan fingerprint density at radius 1 is 1.29 bits per heavy atom. The topological polar surface area (TPSA) is 72.3 Å². The molecule has 0 aliphatic carbocycles. The first-order valence-corrected chi connectivity index (χ1v) is 4.85. The lowest BCUT2D eigenvalue weighted by molar-refractivity contribution is 0.452. The normalized spacial score (nSPS) is 13.2. The van der Waals surface area contributed by atoms with Crippen molar-refractivity contribution in [3.63, 3.8) is 0 Å². The Bertz CT molecular complexity index is 310. The fourth-order valence-corrected chi connectivity index (χ4v) is 1.47. The van der Waals surface area contributed by atoms with Crippen LogP contribution in [0.25, 0.3) is 0 Å². The van der Waals surface area contributed by atoms with Crippen molar-refractivity contribution < 1.29 is 5.11 Å². The van der Waals surface area contributed by atoms with Crippen molar-refractivity contribution in [2.24, 2.45) is 11.5 Å². The molecule has 78 valence electrons. The predicted octanol–water partition coefficient (Wildman–Crippen LogP) is 1.47. The molecule has 0 aliphatic heterocycles. The average molecular weight is 194 g/mol. The minimum atomic E-state index is -0.284. The summed E-state index contributed by atoms with van der Waals surface area (Å²) in [5, 5.41) is 9.93. The first-order valence-electron chi connectivity index (χ1n) is 4.85. The van der Waals surface area contributed by atoms with Gasteiger partial charge in [-0.2, -0.15) is 0 Å². The van der Waals surface area contributed by atoms with Gasteiger partial charge in [-0.15, -0.1) is 0 Å². The summed E-state index contributed by atoms with van der Waals surface area (Å²) < 4.78 is 0. The average Bonchev–Trinajstić information content (AvgIpc) is 2.16. The Kier molecular flexibility index (Phi) is 3.49. The molecule has 0 amide bonds. The SMILES string of the molecule is CC(C)c1cccc([C@H](N)CN)c1O. The van der Waals surface area contributed by atoms with Crippen LogP contribution in [0.4, 0.5) is 0 Å². The van der Waals surface area contributed by atoms with Gasteiger partial charge in [-0.1, -0.05) is 32.0 Å². The summed E-state index contributed by atoms with van der Waals surface area (Å²) in [6.07, 6.45) is 0. The molecule has 0 saturated carbocycles. The van der Waals surface area contributed by atoms with E-state index in [4.69, 9.17) is 11.5 Å². The second kappa shape index (κ2) is 4.44. The summed E-state index contributed by atoms with van der Waals surface area (Å²) in [6.45, 7) is 4.41. The van der Waals surface area contributed by atoms with E-state index in [1.807, 2.05) is 32.0 Å². The predicted molar refractivity (Wildman–Crippen MR) is 58.2 cm³/mol. The summed E-state index contributed by atoms with van der Waals surface area (Å²) in [7, 11) is 0. The van der Waals surface area contributed by atoms with E-state index < -0.39 is 0 Å². The number of hydrogen-bond acceptors (Lipinski definition) is 3. The van der Waals surface area contributed by atoms with Gasteiger partial charge in [0.2, 0.25) is 0 Å². The number of nitrogens with two attached hydrogens (primary N) is 2. The third kappa shape index (κ3) is 2.05. The maximum Gasteiger partial charge on any atom is 0.123 e. The fourth-order valence-electron chi connectivity index (χ4n) is 1.47. The van der Waals surface area contributed by atoms with E-state index >= 15 is 0 Å². The molecular weight excluding hydrogens is 176 g/mol. The molecule has 0 fully saturated rings. The smallest absolute Gasteiger partial charge is 0.123 e. The van der Waals surface area contributed by atoms with Gasteiger partial charge in [0.05, 0.1) is 0 Å². The lowest BCUT2D eigenvalue weighted by Crippen LogP contribution is -2.21. The van der Waals surface area contributed by atoms with Gasteiger partial charge in [-0.3, -0.25) is 0 Å². The molecule has 0 aliphatic rings. The highest BCUT2D eigenvalue weighted by Crippen LogP contribution is 2.31. The van der Waals surface area contributed by atoms with Crippen LogP contribution in [0.3, 0.4) is 0 Å². The highest BCUT2D eigenvalue weighted by atomic mass is 16.3. The Morgan fingerprint density at radius 2 is 1.86 bits per heavy atom. The summed E-state index contributed by atoms with van der Waals surface area (Å²) in [6, 6.07) is 5.35. The van der Waals surface area contributed by atoms with Crippen LogP contribution in [0.5, 0.6) is 5.75 Å². The molecule has 0 radical (unpaired) electrons. The molecule has 0 heterocycles. The standard InChI is InChI=1S/C11H18N2O/c1-7(2)8-4-3-5-9(11(8)14)10(13)6-12/h3-5,7,10,14H,6,12-13H2,1-2H3/t10-/m1/s1. The number of para-hydroxylation sites is 1. The molecule has 3 nitrogen and oxygen atoms in total. The van der Waals surface area contributed by atoms with Crippen LogP contribution in [0, 0.1) is 0 Å². The summed E-state index contributed by atoms with van der Waals surface area (Å²) in [5.41, 5.74) is 12.9. The third-order valence-electron chi connectivity index (χ3n) is 2.37. The lowest BCUT2D eigenvalue weighted by atomic mass is 9.96. The summed E-state index contributed by atoms with van der Waals surface area (Å²) >= 11 is 0. The lowest BCUT2D eigenvalue weighted by Gasteiger charge is -2.15. The molecule has 5 N–H and O–H groups in total. The van der Waals surface area contributed by atoms with Gasteiger partial charge in [0.15, 0.2) is 0 Å². The first kappa shape index (κ1) is 11.0. The molecule has 1 aromatic carbocycles. The molecule has 0 aromatic heterocycles. The van der Waals surface area contributed by atoms with Crippen LogP contribution in [-0.4, -0.2) is 11.7 Å². The van der Waals surface area contributed by atoms with Crippen LogP contribution < -0.4 is 11.5 Å². The highest BCUT2D eigenvalue weighted by Gasteiger charge is 2.13. The largest absolute Gasteiger partial charge is 0.507 e. The molecule has 0 spiro atoms. The van der Waals surface area contributed by atoms with Gasteiger partial charge >= 0.3 is 0 Å². The van der Waals surface area contributed by atoms with E-state index in [1.54, 1.807) is 0 Å². The number of rotatable bonds is 3. The van der Waals surface area contributed by atoms with E-state index in [9.17, 15) is 5.11 Å². The van der Waals surface area contributed by atoms with Crippen molar-refractivity contribution in [3.8, 4) is 5.75 Å². The molecular formula is C11H18N2O. The van der Waals surface area contributed by atoms with Crippen molar-refractivity contribution in [1.82, 2.24) is 0 Å². The maximum absolute atomic E-state index is 9.93. The van der Waals surface area contributed by atoms with Crippen LogP contribution in [0.1, 0.15) is 36.9 Å². The molecule has 3 heteroatoms. The summed E-state index contributed by atoms with van der Waals surface area (Å²) in [4.78, 5) is 0. The van der Waals surface area contributed by atoms with E-state index in [2.05, 4.69) is 0 Å². The minimum Gasteiger partial charge on any atom is -0.507 e. The van der Waals surface area contributed by atoms with Gasteiger partial charge < -0.3 is 16.6 Å². The Labute approximate surface area is 84.7 Å². The van der Waals surface area contributed by atoms with Crippen LogP contribution in [-0.2, 0) is 0 Å². The number of phenolic OH excluding ortho intramolecular Hbond substituents is 1. The zero-order valence-electron chi connectivity index (χ0n) is 8.70. The quantitative estimate of drug-likeness (QED) is 0.682. The van der Waals surface area contributed by atoms with Crippen molar-refractivity contribution in [2.75, 3.05) is 6.54 Å². The molecule has 0 saturated heterocycles. The molecule has 0 bridgehead atoms. The Balaban J connectivity index is 3.13. The maximum atomic E-state index is 9.93. The highest BCUT2D eigenvalue weighted by molar-refractivity contribution is 5.43. The van der Waals surface area contributed by atoms with Gasteiger partial charge in [-0.05, 0) is 11.5 Å². The number of hydrogen-bond donors (Lipinski definition) is 3. The van der Waals surface area contributed by atoms with Gasteiger partial charge in [-0.25, -0.2) is 0 Å². The third-order valence-corrected chi connectivity index (χ3v) is 2.37. The fraction of sp³-hybridized carbons (Fsp3) is 0.455. The van der Waals surface area contributed by atoms with Crippen LogP contribution in [0.15, 0.2) is 18.2 Å². The number of phenols is 1. The number of aromatic hydroxyl groups is 1. The van der Waals surface area contributed by atoms with Gasteiger partial charge in [0.25, 0.3) is 0 Å². The molecule has 1 aromatic rings. The van der Waals surface area contributed by atoms with Crippen molar-refractivity contribution in [1.29, 1.82) is 0 Å². The second-order valence-corrected chi connectivity index (χ2v) is 3.78. The van der Waals surface area contributed by atoms with Crippen molar-refractivity contribution in [2.45, 2.75) is 25.8 Å². The van der Waals surface area contributed by atoms with Crippen LogP contribution >= 0.6 is 0 Å². The second-order valence-electron chi connectivity index (χ2n) is 3.78. The minimum absolute atomic E-state index is 0.284. The monoisotopic (exact) mass is 194 g/mol. The van der Waals surface area contributed by atoms with Crippen LogP contribution in [0.2, 0.25) is 0 Å². The zero-order valence-corrected chi connectivity index (χ0v) is 8.70. The van der Waals surface area contributed by atoms with Crippen molar-refractivity contribution >= 4 is 0 Å². The van der Waals surface area contributed by atoms with E-state index in [1.165, 1.54) is 0 Å². The Morgan fingerprint density at radius 3 is 2.36 bits per heavy atom. The van der Waals surface area contributed by atoms with E-state index in [-0.39, 0.29) is 6.04 Å². The first-order chi connectivity index (χ1) is 6.57. The molecule has 14 heavy (non-hydrogen) atoms. The zero-order chi connectivity index (χ0) is 10.7. The van der Waals surface area contributed by atoms with Gasteiger partial charge in [0.1, 0.15) is 5.75 Å². The summed E-state index contributed by atoms with van der Waals surface area (Å²) in [5.74, 6) is 0.584. The van der Waals surface area contributed by atoms with Crippen molar-refractivity contribution in [3.05, 3.63) is 29.3 Å². The van der Waals surface area contributed by atoms with Gasteiger partial charge in [0, 0.05) is 18.2 Å².